The minimum absolute atomic E-state index is 0.0910. The third-order valence-corrected chi connectivity index (χ3v) is 2.94. The molecule has 0 amide bonds. The van der Waals surface area contributed by atoms with Crippen LogP contribution in [0.25, 0.3) is 11.6 Å². The van der Waals surface area contributed by atoms with Crippen LogP contribution in [0.1, 0.15) is 11.1 Å². The van der Waals surface area contributed by atoms with Gasteiger partial charge >= 0.3 is 0 Å². The Morgan fingerprint density at radius 3 is 2.18 bits per heavy atom. The molecule has 0 unspecified atom stereocenters. The van der Waals surface area contributed by atoms with Crippen LogP contribution in [0.15, 0.2) is 48.5 Å². The Morgan fingerprint density at radius 1 is 1.00 bits per heavy atom. The van der Waals surface area contributed by atoms with E-state index in [1.165, 1.54) is 48.5 Å². The monoisotopic (exact) mass is 295 g/mol. The third-order valence-electron chi connectivity index (χ3n) is 2.94. The number of hydrogen-bond donors (Lipinski definition) is 0. The summed E-state index contributed by atoms with van der Waals surface area (Å²) in [5.41, 5.74) is 0.724. The smallest absolute Gasteiger partial charge is 0.258 e. The number of para-hydroxylation sites is 1. The molecule has 22 heavy (non-hydrogen) atoms. The Balaban J connectivity index is 2.46. The highest BCUT2D eigenvalue weighted by Gasteiger charge is 2.12. The first-order valence-corrected chi connectivity index (χ1v) is 6.13. The van der Waals surface area contributed by atoms with E-state index in [9.17, 15) is 25.5 Å². The lowest BCUT2D eigenvalue weighted by Crippen LogP contribution is -1.92. The van der Waals surface area contributed by atoms with Crippen LogP contribution in [0.4, 0.5) is 11.4 Å². The zero-order chi connectivity index (χ0) is 16.1. The topological polar surface area (TPSA) is 110 Å². The Bertz CT molecular complexity index is 804. The molecule has 0 spiro atoms. The molecule has 0 saturated heterocycles. The lowest BCUT2D eigenvalue weighted by Gasteiger charge is -2.01. The van der Waals surface area contributed by atoms with E-state index in [4.69, 9.17) is 0 Å². The van der Waals surface area contributed by atoms with Crippen molar-refractivity contribution in [1.82, 2.24) is 0 Å². The second-order valence-corrected chi connectivity index (χ2v) is 4.29. The van der Waals surface area contributed by atoms with Crippen molar-refractivity contribution in [3.63, 3.8) is 0 Å². The van der Waals surface area contributed by atoms with E-state index >= 15 is 0 Å². The number of rotatable bonds is 4. The summed E-state index contributed by atoms with van der Waals surface area (Å²) in [6, 6.07) is 13.4. The Kier molecular flexibility index (Phi) is 4.24. The normalized spacial score (nSPS) is 10.8. The number of nitrogens with zero attached hydrogens (tertiary/aromatic N) is 3. The number of benzene rings is 2. The lowest BCUT2D eigenvalue weighted by atomic mass is 10.0. The molecule has 2 aromatic carbocycles. The SMILES string of the molecule is N#C/C(=C\c1ccccc1[N+](=O)[O-])c1ccc([N+](=O)[O-])cc1. The molecule has 2 aromatic rings. The fraction of sp³-hybridized carbons (Fsp3) is 0. The van der Waals surface area contributed by atoms with Gasteiger partial charge in [0.15, 0.2) is 0 Å². The minimum Gasteiger partial charge on any atom is -0.258 e. The fourth-order valence-corrected chi connectivity index (χ4v) is 1.87. The maximum atomic E-state index is 11.0. The first kappa shape index (κ1) is 14.9. The zero-order valence-corrected chi connectivity index (χ0v) is 11.2. The van der Waals surface area contributed by atoms with Crippen molar-refractivity contribution in [3.05, 3.63) is 79.9 Å². The number of allylic oxidation sites excluding steroid dienone is 1. The summed E-state index contributed by atoms with van der Waals surface area (Å²) in [4.78, 5) is 20.5. The van der Waals surface area contributed by atoms with E-state index in [2.05, 4.69) is 0 Å². The molecule has 0 aliphatic rings. The van der Waals surface area contributed by atoms with Crippen molar-refractivity contribution in [2.45, 2.75) is 0 Å². The van der Waals surface area contributed by atoms with E-state index in [1.807, 2.05) is 6.07 Å². The van der Waals surface area contributed by atoms with Crippen LogP contribution in [0.2, 0.25) is 0 Å². The Morgan fingerprint density at radius 2 is 1.64 bits per heavy atom. The number of hydrogen-bond acceptors (Lipinski definition) is 5. The van der Waals surface area contributed by atoms with Gasteiger partial charge in [-0.15, -0.1) is 0 Å². The molecule has 2 rings (SSSR count). The van der Waals surface area contributed by atoms with Gasteiger partial charge in [-0.25, -0.2) is 0 Å². The van der Waals surface area contributed by atoms with Crippen LogP contribution in [0.3, 0.4) is 0 Å². The summed E-state index contributed by atoms with van der Waals surface area (Å²) in [5.74, 6) is 0. The molecule has 7 nitrogen and oxygen atoms in total. The standard InChI is InChI=1S/C15H9N3O4/c16-10-13(11-5-7-14(8-6-11)17(19)20)9-12-3-1-2-4-15(12)18(21)22/h1-9H/b13-9+. The summed E-state index contributed by atoms with van der Waals surface area (Å²) in [7, 11) is 0. The van der Waals surface area contributed by atoms with Crippen LogP contribution < -0.4 is 0 Å². The maximum Gasteiger partial charge on any atom is 0.276 e. The molecule has 0 aliphatic heterocycles. The Labute approximate surface area is 125 Å². The van der Waals surface area contributed by atoms with Gasteiger partial charge < -0.3 is 0 Å². The molecule has 7 heteroatoms. The maximum absolute atomic E-state index is 11.0. The van der Waals surface area contributed by atoms with E-state index in [0.29, 0.717) is 11.1 Å². The van der Waals surface area contributed by atoms with Crippen molar-refractivity contribution in [3.8, 4) is 6.07 Å². The van der Waals surface area contributed by atoms with E-state index < -0.39 is 9.85 Å². The summed E-state index contributed by atoms with van der Waals surface area (Å²) >= 11 is 0. The van der Waals surface area contributed by atoms with Gasteiger partial charge in [-0.2, -0.15) is 5.26 Å². The van der Waals surface area contributed by atoms with Crippen molar-refractivity contribution in [2.75, 3.05) is 0 Å². The number of nitro benzene ring substituents is 2. The Hall–Kier alpha value is -3.53. The average molecular weight is 295 g/mol. The van der Waals surface area contributed by atoms with Crippen molar-refractivity contribution in [2.24, 2.45) is 0 Å². The predicted molar refractivity (Wildman–Crippen MR) is 79.7 cm³/mol. The number of nitriles is 1. The van der Waals surface area contributed by atoms with Crippen LogP contribution >= 0.6 is 0 Å². The van der Waals surface area contributed by atoms with Crippen molar-refractivity contribution >= 4 is 23.0 Å². The van der Waals surface area contributed by atoms with E-state index in [-0.39, 0.29) is 16.9 Å². The van der Waals surface area contributed by atoms with Gasteiger partial charge in [-0.3, -0.25) is 20.2 Å². The summed E-state index contributed by atoms with van der Waals surface area (Å²) in [6.45, 7) is 0. The van der Waals surface area contributed by atoms with Gasteiger partial charge in [-0.1, -0.05) is 12.1 Å². The first-order chi connectivity index (χ1) is 10.5. The summed E-state index contributed by atoms with van der Waals surface area (Å²) < 4.78 is 0. The summed E-state index contributed by atoms with van der Waals surface area (Å²) in [5, 5.41) is 30.8. The van der Waals surface area contributed by atoms with E-state index in [0.717, 1.165) is 0 Å². The fourth-order valence-electron chi connectivity index (χ4n) is 1.87. The average Bonchev–Trinajstić information content (AvgIpc) is 2.53. The number of non-ortho nitro benzene ring substituents is 1. The van der Waals surface area contributed by atoms with Gasteiger partial charge in [0.05, 0.1) is 27.1 Å². The largest absolute Gasteiger partial charge is 0.276 e. The highest BCUT2D eigenvalue weighted by Crippen LogP contribution is 2.25. The molecule has 0 heterocycles. The molecule has 0 fully saturated rings. The molecular formula is C15H9N3O4. The quantitative estimate of drug-likeness (QED) is 0.370. The van der Waals surface area contributed by atoms with Crippen LogP contribution in [0.5, 0.6) is 0 Å². The second-order valence-electron chi connectivity index (χ2n) is 4.29. The van der Waals surface area contributed by atoms with Gasteiger partial charge in [0.2, 0.25) is 0 Å². The summed E-state index contributed by atoms with van der Waals surface area (Å²) in [6.07, 6.45) is 1.39. The molecule has 0 bridgehead atoms. The molecular weight excluding hydrogens is 286 g/mol. The van der Waals surface area contributed by atoms with Crippen LogP contribution in [0, 0.1) is 31.6 Å². The van der Waals surface area contributed by atoms with Gasteiger partial charge in [0.1, 0.15) is 0 Å². The highest BCUT2D eigenvalue weighted by molar-refractivity contribution is 5.91. The van der Waals surface area contributed by atoms with Gasteiger partial charge in [-0.05, 0) is 29.8 Å². The van der Waals surface area contributed by atoms with Crippen LogP contribution in [-0.2, 0) is 0 Å². The first-order valence-electron chi connectivity index (χ1n) is 6.13. The number of nitro groups is 2. The second kappa shape index (κ2) is 6.28. The van der Waals surface area contributed by atoms with Crippen molar-refractivity contribution < 1.29 is 9.85 Å². The predicted octanol–water partition coefficient (Wildman–Crippen LogP) is 3.57. The van der Waals surface area contributed by atoms with Crippen LogP contribution in [-0.4, -0.2) is 9.85 Å². The molecule has 0 saturated carbocycles. The molecule has 108 valence electrons. The molecule has 0 aromatic heterocycles. The highest BCUT2D eigenvalue weighted by atomic mass is 16.6. The zero-order valence-electron chi connectivity index (χ0n) is 11.2. The molecule has 0 N–H and O–H groups in total. The third kappa shape index (κ3) is 3.13. The van der Waals surface area contributed by atoms with E-state index in [1.54, 1.807) is 6.07 Å². The van der Waals surface area contributed by atoms with Gasteiger partial charge in [0.25, 0.3) is 11.4 Å². The van der Waals surface area contributed by atoms with Gasteiger partial charge in [0, 0.05) is 18.2 Å². The lowest BCUT2D eigenvalue weighted by molar-refractivity contribution is -0.385. The minimum atomic E-state index is -0.540. The molecule has 0 aliphatic carbocycles. The molecule has 0 atom stereocenters. The molecule has 0 radical (unpaired) electrons. The van der Waals surface area contributed by atoms with Crippen molar-refractivity contribution in [1.29, 1.82) is 5.26 Å².